The smallest absolute Gasteiger partial charge is 0.294 e. The van der Waals surface area contributed by atoms with Gasteiger partial charge >= 0.3 is 0 Å². The molecule has 11 heteroatoms. The standard InChI is InChI=1S/C17H17N7O3S/c25-16(19-6-5-15-20-21-17(28)23(15)12-2-3-12)11-1-4-13(14(9-11)24(26)27)22-8-7-18-10-22/h1,4,7-10,12H,2-3,5-6H2,(H,19,25)(H,21,28). The number of carbonyl (C=O) groups is 1. The first-order chi connectivity index (χ1) is 13.5. The fourth-order valence-corrected chi connectivity index (χ4v) is 3.34. The van der Waals surface area contributed by atoms with Crippen molar-refractivity contribution in [2.24, 2.45) is 0 Å². The molecule has 144 valence electrons. The molecule has 1 fully saturated rings. The molecule has 1 saturated carbocycles. The molecular weight excluding hydrogens is 382 g/mol. The molecule has 0 bridgehead atoms. The van der Waals surface area contributed by atoms with Crippen LogP contribution >= 0.6 is 12.2 Å². The second-order valence-electron chi connectivity index (χ2n) is 6.48. The zero-order valence-electron chi connectivity index (χ0n) is 14.7. The Morgan fingerprint density at radius 2 is 2.25 bits per heavy atom. The molecular formula is C17H17N7O3S. The minimum absolute atomic E-state index is 0.166. The summed E-state index contributed by atoms with van der Waals surface area (Å²) in [4.78, 5) is 27.2. The quantitative estimate of drug-likeness (QED) is 0.357. The predicted octanol–water partition coefficient (Wildman–Crippen LogP) is 2.34. The van der Waals surface area contributed by atoms with Gasteiger partial charge in [0.25, 0.3) is 11.6 Å². The topological polar surface area (TPSA) is 124 Å². The summed E-state index contributed by atoms with van der Waals surface area (Å²) in [5.41, 5.74) is 0.399. The number of imidazole rings is 1. The Kier molecular flexibility index (Phi) is 4.74. The first-order valence-corrected chi connectivity index (χ1v) is 9.16. The molecule has 0 spiro atoms. The van der Waals surface area contributed by atoms with Crippen LogP contribution in [0.3, 0.4) is 0 Å². The fraction of sp³-hybridized carbons (Fsp3) is 0.294. The molecule has 1 aliphatic carbocycles. The summed E-state index contributed by atoms with van der Waals surface area (Å²) >= 11 is 5.24. The number of rotatable bonds is 7. The molecule has 28 heavy (non-hydrogen) atoms. The van der Waals surface area contributed by atoms with E-state index in [2.05, 4.69) is 20.5 Å². The van der Waals surface area contributed by atoms with E-state index in [4.69, 9.17) is 12.2 Å². The van der Waals surface area contributed by atoms with Crippen LogP contribution in [0.2, 0.25) is 0 Å². The van der Waals surface area contributed by atoms with Crippen LogP contribution in [0.25, 0.3) is 5.69 Å². The minimum Gasteiger partial charge on any atom is -0.352 e. The maximum absolute atomic E-state index is 12.4. The number of nitro benzene ring substituents is 1. The Balaban J connectivity index is 1.46. The fourth-order valence-electron chi connectivity index (χ4n) is 3.04. The van der Waals surface area contributed by atoms with Crippen molar-refractivity contribution in [2.75, 3.05) is 6.54 Å². The third-order valence-electron chi connectivity index (χ3n) is 4.54. The maximum Gasteiger partial charge on any atom is 0.294 e. The summed E-state index contributed by atoms with van der Waals surface area (Å²) in [6.07, 6.45) is 7.29. The van der Waals surface area contributed by atoms with Gasteiger partial charge in [0.05, 0.1) is 11.3 Å². The van der Waals surface area contributed by atoms with E-state index in [-0.39, 0.29) is 17.2 Å². The number of aromatic nitrogens is 5. The Hall–Kier alpha value is -3.34. The third-order valence-corrected chi connectivity index (χ3v) is 4.83. The number of nitrogens with one attached hydrogen (secondary N) is 2. The summed E-state index contributed by atoms with van der Waals surface area (Å²) in [6.45, 7) is 0.349. The molecule has 0 aliphatic heterocycles. The second-order valence-corrected chi connectivity index (χ2v) is 6.87. The number of nitrogens with zero attached hydrogens (tertiary/aromatic N) is 5. The molecule has 1 aromatic carbocycles. The first-order valence-electron chi connectivity index (χ1n) is 8.75. The van der Waals surface area contributed by atoms with Crippen LogP contribution in [0.5, 0.6) is 0 Å². The third kappa shape index (κ3) is 3.56. The van der Waals surface area contributed by atoms with Gasteiger partial charge < -0.3 is 14.5 Å². The number of hydrogen-bond donors (Lipinski definition) is 2. The largest absolute Gasteiger partial charge is 0.352 e. The molecule has 1 amide bonds. The SMILES string of the molecule is O=C(NCCc1n[nH]c(=S)n1C1CC1)c1ccc(-n2ccnc2)c([N+](=O)[O-])c1. The lowest BCUT2D eigenvalue weighted by atomic mass is 10.1. The maximum atomic E-state index is 12.4. The van der Waals surface area contributed by atoms with E-state index in [0.717, 1.165) is 18.7 Å². The second kappa shape index (κ2) is 7.35. The first kappa shape index (κ1) is 18.0. The van der Waals surface area contributed by atoms with Gasteiger partial charge in [0, 0.05) is 43.0 Å². The van der Waals surface area contributed by atoms with Crippen LogP contribution in [0, 0.1) is 14.9 Å². The molecule has 10 nitrogen and oxygen atoms in total. The highest BCUT2D eigenvalue weighted by molar-refractivity contribution is 7.71. The monoisotopic (exact) mass is 399 g/mol. The number of aromatic amines is 1. The van der Waals surface area contributed by atoms with Gasteiger partial charge in [-0.15, -0.1) is 0 Å². The molecule has 3 aromatic rings. The highest BCUT2D eigenvalue weighted by Gasteiger charge is 2.27. The number of H-pyrrole nitrogens is 1. The van der Waals surface area contributed by atoms with Crippen LogP contribution < -0.4 is 5.32 Å². The van der Waals surface area contributed by atoms with Crippen molar-refractivity contribution in [3.8, 4) is 5.69 Å². The van der Waals surface area contributed by atoms with Gasteiger partial charge in [-0.25, -0.2) is 4.98 Å². The molecule has 4 rings (SSSR count). The Labute approximate surface area is 164 Å². The van der Waals surface area contributed by atoms with Crippen molar-refractivity contribution in [3.05, 3.63) is 63.2 Å². The summed E-state index contributed by atoms with van der Waals surface area (Å²) in [6, 6.07) is 4.76. The molecule has 0 atom stereocenters. The number of benzene rings is 1. The lowest BCUT2D eigenvalue weighted by molar-refractivity contribution is -0.384. The summed E-state index contributed by atoms with van der Waals surface area (Å²) < 4.78 is 4.11. The van der Waals surface area contributed by atoms with Gasteiger partial charge in [-0.05, 0) is 37.2 Å². The summed E-state index contributed by atoms with van der Waals surface area (Å²) in [5, 5.41) is 21.2. The van der Waals surface area contributed by atoms with Gasteiger partial charge in [-0.3, -0.25) is 20.0 Å². The zero-order chi connectivity index (χ0) is 19.7. The van der Waals surface area contributed by atoms with Crippen molar-refractivity contribution < 1.29 is 9.72 Å². The highest BCUT2D eigenvalue weighted by atomic mass is 32.1. The average Bonchev–Trinajstić information content (AvgIpc) is 3.23. The molecule has 0 radical (unpaired) electrons. The highest BCUT2D eigenvalue weighted by Crippen LogP contribution is 2.35. The van der Waals surface area contributed by atoms with Crippen molar-refractivity contribution in [1.29, 1.82) is 0 Å². The van der Waals surface area contributed by atoms with Crippen LogP contribution in [0.4, 0.5) is 5.69 Å². The Morgan fingerprint density at radius 1 is 1.43 bits per heavy atom. The van der Waals surface area contributed by atoms with Crippen LogP contribution in [0.15, 0.2) is 36.9 Å². The van der Waals surface area contributed by atoms with Gasteiger partial charge in [0.2, 0.25) is 0 Å². The van der Waals surface area contributed by atoms with Crippen LogP contribution in [-0.4, -0.2) is 41.7 Å². The van der Waals surface area contributed by atoms with Crippen LogP contribution in [0.1, 0.15) is 35.1 Å². The molecule has 0 unspecified atom stereocenters. The predicted molar refractivity (Wildman–Crippen MR) is 102 cm³/mol. The summed E-state index contributed by atoms with van der Waals surface area (Å²) in [7, 11) is 0. The number of amides is 1. The van der Waals surface area contributed by atoms with Gasteiger partial charge in [0.15, 0.2) is 4.77 Å². The molecule has 2 heterocycles. The summed E-state index contributed by atoms with van der Waals surface area (Å²) in [5.74, 6) is 0.418. The number of nitro groups is 1. The number of carbonyl (C=O) groups excluding carboxylic acids is 1. The van der Waals surface area contributed by atoms with Crippen molar-refractivity contribution >= 4 is 23.8 Å². The van der Waals surface area contributed by atoms with E-state index < -0.39 is 4.92 Å². The van der Waals surface area contributed by atoms with Gasteiger partial charge in [-0.1, -0.05) is 0 Å². The Bertz CT molecular complexity index is 1080. The van der Waals surface area contributed by atoms with Crippen LogP contribution in [-0.2, 0) is 6.42 Å². The lowest BCUT2D eigenvalue weighted by Crippen LogP contribution is -2.26. The van der Waals surface area contributed by atoms with E-state index in [1.165, 1.54) is 29.2 Å². The average molecular weight is 399 g/mol. The molecule has 2 N–H and O–H groups in total. The van der Waals surface area contributed by atoms with Crippen molar-refractivity contribution in [2.45, 2.75) is 25.3 Å². The van der Waals surface area contributed by atoms with Crippen molar-refractivity contribution in [1.82, 2.24) is 29.6 Å². The van der Waals surface area contributed by atoms with Crippen molar-refractivity contribution in [3.63, 3.8) is 0 Å². The molecule has 2 aromatic heterocycles. The van der Waals surface area contributed by atoms with E-state index in [1.807, 2.05) is 4.57 Å². The van der Waals surface area contributed by atoms with E-state index in [1.54, 1.807) is 12.3 Å². The normalized spacial score (nSPS) is 13.4. The van der Waals surface area contributed by atoms with E-state index in [0.29, 0.717) is 29.5 Å². The van der Waals surface area contributed by atoms with E-state index >= 15 is 0 Å². The Morgan fingerprint density at radius 3 is 2.93 bits per heavy atom. The molecule has 0 saturated heterocycles. The lowest BCUT2D eigenvalue weighted by Gasteiger charge is -2.08. The van der Waals surface area contributed by atoms with Gasteiger partial charge in [0.1, 0.15) is 11.5 Å². The zero-order valence-corrected chi connectivity index (χ0v) is 15.6. The minimum atomic E-state index is -0.514. The number of hydrogen-bond acceptors (Lipinski definition) is 6. The molecule has 1 aliphatic rings. The van der Waals surface area contributed by atoms with E-state index in [9.17, 15) is 14.9 Å². The van der Waals surface area contributed by atoms with Gasteiger partial charge in [-0.2, -0.15) is 5.10 Å².